The molecule has 62 heavy (non-hydrogen) atoms. The highest BCUT2D eigenvalue weighted by atomic mass is 32.1. The molecule has 0 spiro atoms. The van der Waals surface area contributed by atoms with E-state index in [1.807, 2.05) is 11.3 Å². The fourth-order valence-electron chi connectivity index (χ4n) is 9.72. The zero-order chi connectivity index (χ0) is 41.0. The Labute approximate surface area is 364 Å². The van der Waals surface area contributed by atoms with Gasteiger partial charge in [-0.2, -0.15) is 0 Å². The number of aromatic nitrogens is 3. The van der Waals surface area contributed by atoms with Gasteiger partial charge in [0.2, 0.25) is 0 Å². The summed E-state index contributed by atoms with van der Waals surface area (Å²) in [6.07, 6.45) is 0. The van der Waals surface area contributed by atoms with E-state index >= 15 is 0 Å². The summed E-state index contributed by atoms with van der Waals surface area (Å²) in [4.78, 5) is 16.2. The fourth-order valence-corrected chi connectivity index (χ4v) is 10.8. The van der Waals surface area contributed by atoms with Crippen LogP contribution in [-0.2, 0) is 5.41 Å². The molecule has 2 aromatic heterocycles. The molecule has 11 aromatic rings. The minimum atomic E-state index is -0.549. The van der Waals surface area contributed by atoms with E-state index in [-0.39, 0.29) is 0 Å². The van der Waals surface area contributed by atoms with Gasteiger partial charge in [0.1, 0.15) is 0 Å². The number of fused-ring (bicyclic) bond motifs is 6. The highest BCUT2D eigenvalue weighted by Crippen LogP contribution is 2.58. The molecule has 1 aliphatic carbocycles. The minimum Gasteiger partial charge on any atom is -0.208 e. The number of hydrogen-bond donors (Lipinski definition) is 0. The third-order valence-electron chi connectivity index (χ3n) is 12.4. The van der Waals surface area contributed by atoms with Crippen LogP contribution in [0.1, 0.15) is 22.3 Å². The topological polar surface area (TPSA) is 38.7 Å². The van der Waals surface area contributed by atoms with Crippen molar-refractivity contribution in [2.75, 3.05) is 0 Å². The van der Waals surface area contributed by atoms with Crippen molar-refractivity contribution in [2.24, 2.45) is 0 Å². The Morgan fingerprint density at radius 2 is 0.823 bits per heavy atom. The molecule has 9 aromatic carbocycles. The molecule has 0 amide bonds. The summed E-state index contributed by atoms with van der Waals surface area (Å²) >= 11 is 1.84. The molecule has 2 heterocycles. The number of nitrogens with zero attached hydrogens (tertiary/aromatic N) is 3. The Morgan fingerprint density at radius 3 is 1.60 bits per heavy atom. The van der Waals surface area contributed by atoms with Gasteiger partial charge in [0.15, 0.2) is 17.5 Å². The third-order valence-corrected chi connectivity index (χ3v) is 13.6. The maximum Gasteiger partial charge on any atom is 0.164 e. The summed E-state index contributed by atoms with van der Waals surface area (Å²) in [5.41, 5.74) is 13.9. The van der Waals surface area contributed by atoms with Crippen molar-refractivity contribution in [2.45, 2.75) is 5.41 Å². The van der Waals surface area contributed by atoms with Crippen LogP contribution in [-0.4, -0.2) is 15.0 Å². The molecule has 0 unspecified atom stereocenters. The van der Waals surface area contributed by atoms with Gasteiger partial charge in [-0.05, 0) is 79.9 Å². The van der Waals surface area contributed by atoms with Gasteiger partial charge in [0.25, 0.3) is 0 Å². The van der Waals surface area contributed by atoms with E-state index in [0.717, 1.165) is 44.5 Å². The molecule has 12 rings (SSSR count). The summed E-state index contributed by atoms with van der Waals surface area (Å²) in [7, 11) is 0. The van der Waals surface area contributed by atoms with Gasteiger partial charge in [0, 0.05) is 36.9 Å². The molecule has 0 N–H and O–H groups in total. The van der Waals surface area contributed by atoms with Crippen molar-refractivity contribution in [1.29, 1.82) is 0 Å². The summed E-state index contributed by atoms with van der Waals surface area (Å²) < 4.78 is 2.59. The Bertz CT molecular complexity index is 3430. The molecule has 0 radical (unpaired) electrons. The van der Waals surface area contributed by atoms with Gasteiger partial charge >= 0.3 is 0 Å². The zero-order valence-electron chi connectivity index (χ0n) is 33.6. The Kier molecular flexibility index (Phi) is 8.58. The van der Waals surface area contributed by atoms with Crippen LogP contribution in [0.4, 0.5) is 0 Å². The minimum absolute atomic E-state index is 0.549. The van der Waals surface area contributed by atoms with Gasteiger partial charge in [0.05, 0.1) is 5.41 Å². The number of hydrogen-bond acceptors (Lipinski definition) is 4. The molecule has 0 bridgehead atoms. The smallest absolute Gasteiger partial charge is 0.164 e. The first-order valence-electron chi connectivity index (χ1n) is 21.0. The maximum absolute atomic E-state index is 5.45. The van der Waals surface area contributed by atoms with Crippen LogP contribution < -0.4 is 0 Å². The summed E-state index contributed by atoms with van der Waals surface area (Å²) in [6.45, 7) is 0. The van der Waals surface area contributed by atoms with Crippen molar-refractivity contribution in [3.8, 4) is 67.5 Å². The Hall–Kier alpha value is -7.79. The summed E-state index contributed by atoms with van der Waals surface area (Å²) in [5.74, 6) is 1.88. The van der Waals surface area contributed by atoms with Gasteiger partial charge in [-0.25, -0.2) is 15.0 Å². The number of benzene rings is 9. The highest BCUT2D eigenvalue weighted by Gasteiger charge is 2.47. The van der Waals surface area contributed by atoms with Crippen LogP contribution in [0.5, 0.6) is 0 Å². The maximum atomic E-state index is 5.45. The first kappa shape index (κ1) is 36.1. The lowest BCUT2D eigenvalue weighted by Gasteiger charge is -2.33. The molecular weight excluding hydrogens is 771 g/mol. The largest absolute Gasteiger partial charge is 0.208 e. The quantitative estimate of drug-likeness (QED) is 0.161. The number of rotatable bonds is 7. The lowest BCUT2D eigenvalue weighted by atomic mass is 9.67. The van der Waals surface area contributed by atoms with Crippen LogP contribution in [0.15, 0.2) is 224 Å². The van der Waals surface area contributed by atoms with Crippen LogP contribution >= 0.6 is 11.3 Å². The second kappa shape index (κ2) is 14.7. The van der Waals surface area contributed by atoms with Gasteiger partial charge in [-0.15, -0.1) is 11.3 Å². The van der Waals surface area contributed by atoms with E-state index in [2.05, 4.69) is 224 Å². The van der Waals surface area contributed by atoms with E-state index in [0.29, 0.717) is 17.5 Å². The standard InChI is InChI=1S/C58H37N3S/c1-4-18-38(19-5-1)44-26-10-11-28-46(44)56-59-55(41-21-16-20-39(36-41)40-34-35-53-49(37-40)45-27-13-15-33-52(45)62-53)60-57(61-56)48-30-17-32-51-54(48)47-29-12-14-31-50(47)58(51,42-22-6-2-7-23-42)43-24-8-3-9-25-43/h1-37H. The highest BCUT2D eigenvalue weighted by molar-refractivity contribution is 7.25. The SMILES string of the molecule is c1ccc(-c2ccccc2-c2nc(-c3cccc(-c4ccc5sc6ccccc6c5c4)c3)nc(-c3cccc4c3-c3ccccc3C4(c3ccccc3)c3ccccc3)n2)cc1. The van der Waals surface area contributed by atoms with Gasteiger partial charge in [-0.1, -0.05) is 200 Å². The molecule has 0 aliphatic heterocycles. The average molecular weight is 808 g/mol. The summed E-state index contributed by atoms with van der Waals surface area (Å²) in [6, 6.07) is 80.4. The predicted octanol–water partition coefficient (Wildman–Crippen LogP) is 14.9. The van der Waals surface area contributed by atoms with E-state index in [1.165, 1.54) is 48.0 Å². The molecule has 0 saturated heterocycles. The molecular formula is C58H37N3S. The zero-order valence-corrected chi connectivity index (χ0v) is 34.4. The lowest BCUT2D eigenvalue weighted by molar-refractivity contribution is 0.768. The van der Waals surface area contributed by atoms with Gasteiger partial charge in [-0.3, -0.25) is 0 Å². The van der Waals surface area contributed by atoms with Crippen LogP contribution in [0, 0.1) is 0 Å². The molecule has 3 nitrogen and oxygen atoms in total. The normalized spacial score (nSPS) is 12.6. The fraction of sp³-hybridized carbons (Fsp3) is 0.0172. The summed E-state index contributed by atoms with van der Waals surface area (Å²) in [5, 5.41) is 2.56. The monoisotopic (exact) mass is 807 g/mol. The first-order valence-corrected chi connectivity index (χ1v) is 21.8. The van der Waals surface area contributed by atoms with Crippen molar-refractivity contribution in [1.82, 2.24) is 15.0 Å². The Morgan fingerprint density at radius 1 is 0.306 bits per heavy atom. The Balaban J connectivity index is 1.10. The van der Waals surface area contributed by atoms with E-state index in [9.17, 15) is 0 Å². The van der Waals surface area contributed by atoms with E-state index in [4.69, 9.17) is 15.0 Å². The molecule has 4 heteroatoms. The molecule has 1 aliphatic rings. The van der Waals surface area contributed by atoms with E-state index in [1.54, 1.807) is 0 Å². The van der Waals surface area contributed by atoms with E-state index < -0.39 is 5.41 Å². The van der Waals surface area contributed by atoms with Crippen molar-refractivity contribution < 1.29 is 0 Å². The van der Waals surface area contributed by atoms with Crippen molar-refractivity contribution in [3.63, 3.8) is 0 Å². The van der Waals surface area contributed by atoms with Crippen molar-refractivity contribution >= 4 is 31.5 Å². The van der Waals surface area contributed by atoms with Crippen LogP contribution in [0.25, 0.3) is 87.7 Å². The lowest BCUT2D eigenvalue weighted by Crippen LogP contribution is -2.28. The second-order valence-electron chi connectivity index (χ2n) is 15.9. The number of thiophene rings is 1. The third kappa shape index (κ3) is 5.76. The average Bonchev–Trinajstić information content (AvgIpc) is 3.88. The molecule has 0 fully saturated rings. The van der Waals surface area contributed by atoms with Crippen molar-refractivity contribution in [3.05, 3.63) is 247 Å². The molecule has 290 valence electrons. The second-order valence-corrected chi connectivity index (χ2v) is 16.9. The predicted molar refractivity (Wildman–Crippen MR) is 257 cm³/mol. The molecule has 0 saturated carbocycles. The van der Waals surface area contributed by atoms with Gasteiger partial charge < -0.3 is 0 Å². The molecule has 0 atom stereocenters. The first-order chi connectivity index (χ1) is 30.7. The van der Waals surface area contributed by atoms with Crippen LogP contribution in [0.3, 0.4) is 0 Å². The van der Waals surface area contributed by atoms with Crippen LogP contribution in [0.2, 0.25) is 0 Å².